The Bertz CT molecular complexity index is 485. The van der Waals surface area contributed by atoms with E-state index >= 15 is 0 Å². The van der Waals surface area contributed by atoms with Gasteiger partial charge < -0.3 is 9.84 Å². The van der Waals surface area contributed by atoms with Crippen molar-refractivity contribution in [1.29, 1.82) is 0 Å². The van der Waals surface area contributed by atoms with Gasteiger partial charge in [0.05, 0.1) is 18.1 Å². The first-order valence-electron chi connectivity index (χ1n) is 5.91. The molecule has 0 unspecified atom stereocenters. The second-order valence-corrected chi connectivity index (χ2v) is 5.54. The van der Waals surface area contributed by atoms with Crippen molar-refractivity contribution < 1.29 is 18.3 Å². The third-order valence-electron chi connectivity index (χ3n) is 2.31. The van der Waals surface area contributed by atoms with Crippen LogP contribution in [-0.2, 0) is 16.6 Å². The minimum atomic E-state index is -3.50. The first kappa shape index (κ1) is 14.9. The average Bonchev–Trinajstić information content (AvgIpc) is 2.36. The molecule has 0 fully saturated rings. The highest BCUT2D eigenvalue weighted by Gasteiger charge is 2.15. The maximum atomic E-state index is 11.8. The van der Waals surface area contributed by atoms with Crippen molar-refractivity contribution in [3.63, 3.8) is 0 Å². The number of ether oxygens (including phenoxy) is 1. The first-order valence-corrected chi connectivity index (χ1v) is 7.39. The van der Waals surface area contributed by atoms with Crippen LogP contribution >= 0.6 is 0 Å². The van der Waals surface area contributed by atoms with Crippen LogP contribution in [0.4, 0.5) is 0 Å². The summed E-state index contributed by atoms with van der Waals surface area (Å²) in [5, 5.41) is 9.24. The molecule has 1 rings (SSSR count). The first-order chi connectivity index (χ1) is 8.55. The van der Waals surface area contributed by atoms with Gasteiger partial charge in [0.25, 0.3) is 0 Å². The van der Waals surface area contributed by atoms with Crippen LogP contribution in [0.3, 0.4) is 0 Å². The van der Waals surface area contributed by atoms with Crippen molar-refractivity contribution >= 4 is 10.0 Å². The van der Waals surface area contributed by atoms with Gasteiger partial charge in [0.2, 0.25) is 10.0 Å². The Hall–Kier alpha value is -1.11. The summed E-state index contributed by atoms with van der Waals surface area (Å²) in [6.45, 7) is 4.29. The summed E-state index contributed by atoms with van der Waals surface area (Å²) < 4.78 is 31.4. The summed E-state index contributed by atoms with van der Waals surface area (Å²) in [7, 11) is -3.50. The quantitative estimate of drug-likeness (QED) is 0.784. The van der Waals surface area contributed by atoms with E-state index in [1.54, 1.807) is 13.0 Å². The number of aliphatic hydroxyl groups excluding tert-OH is 1. The molecule has 1 aromatic rings. The molecule has 102 valence electrons. The summed E-state index contributed by atoms with van der Waals surface area (Å²) >= 11 is 0. The van der Waals surface area contributed by atoms with Crippen molar-refractivity contribution in [2.24, 2.45) is 0 Å². The molecule has 0 heterocycles. The molecule has 1 aromatic carbocycles. The van der Waals surface area contributed by atoms with Gasteiger partial charge in [0.15, 0.2) is 0 Å². The van der Waals surface area contributed by atoms with Gasteiger partial charge in [-0.25, -0.2) is 13.1 Å². The third-order valence-corrected chi connectivity index (χ3v) is 3.85. The van der Waals surface area contributed by atoms with E-state index in [-0.39, 0.29) is 11.5 Å². The van der Waals surface area contributed by atoms with Crippen LogP contribution in [0, 0.1) is 0 Å². The van der Waals surface area contributed by atoms with Crippen LogP contribution in [-0.4, -0.2) is 26.7 Å². The normalized spacial score (nSPS) is 11.5. The Kier molecular flexibility index (Phi) is 5.58. The Morgan fingerprint density at radius 2 is 2.06 bits per heavy atom. The van der Waals surface area contributed by atoms with E-state index in [0.717, 1.165) is 6.42 Å². The van der Waals surface area contributed by atoms with Gasteiger partial charge in [0, 0.05) is 12.1 Å². The maximum Gasteiger partial charge on any atom is 0.240 e. The molecule has 0 aliphatic rings. The highest BCUT2D eigenvalue weighted by Crippen LogP contribution is 2.22. The van der Waals surface area contributed by atoms with Gasteiger partial charge in [-0.2, -0.15) is 0 Å². The van der Waals surface area contributed by atoms with Crippen LogP contribution in [0.2, 0.25) is 0 Å². The summed E-state index contributed by atoms with van der Waals surface area (Å²) in [5.74, 6) is 0.523. The fraction of sp³-hybridized carbons (Fsp3) is 0.500. The second-order valence-electron chi connectivity index (χ2n) is 3.78. The average molecular weight is 273 g/mol. The number of hydrogen-bond acceptors (Lipinski definition) is 4. The Morgan fingerprint density at radius 1 is 1.33 bits per heavy atom. The molecule has 5 nitrogen and oxygen atoms in total. The number of nitrogens with one attached hydrogen (secondary N) is 1. The summed E-state index contributed by atoms with van der Waals surface area (Å²) in [4.78, 5) is 0.136. The van der Waals surface area contributed by atoms with Crippen molar-refractivity contribution in [1.82, 2.24) is 4.72 Å². The molecule has 0 aliphatic carbocycles. The highest BCUT2D eigenvalue weighted by atomic mass is 32.2. The zero-order valence-corrected chi connectivity index (χ0v) is 11.5. The summed E-state index contributed by atoms with van der Waals surface area (Å²) in [6, 6.07) is 4.48. The molecule has 0 aromatic heterocycles. The van der Waals surface area contributed by atoms with E-state index in [9.17, 15) is 13.5 Å². The van der Waals surface area contributed by atoms with Crippen LogP contribution in [0.5, 0.6) is 5.75 Å². The van der Waals surface area contributed by atoms with Gasteiger partial charge in [-0.1, -0.05) is 13.8 Å². The molecule has 0 amide bonds. The minimum absolute atomic E-state index is 0.136. The van der Waals surface area contributed by atoms with Crippen LogP contribution < -0.4 is 9.46 Å². The number of hydrogen-bond donors (Lipinski definition) is 2. The fourth-order valence-electron chi connectivity index (χ4n) is 1.47. The summed E-state index contributed by atoms with van der Waals surface area (Å²) in [6.07, 6.45) is 0.850. The molecule has 0 saturated heterocycles. The zero-order valence-electron chi connectivity index (χ0n) is 10.6. The number of rotatable bonds is 7. The molecule has 0 bridgehead atoms. The van der Waals surface area contributed by atoms with Gasteiger partial charge in [-0.15, -0.1) is 0 Å². The standard InChI is InChI=1S/C12H19NO4S/c1-3-7-17-12-6-5-11(8-10(12)9-14)18(15,16)13-4-2/h5-6,8,13-14H,3-4,7,9H2,1-2H3. The van der Waals surface area contributed by atoms with Crippen molar-refractivity contribution in [3.05, 3.63) is 23.8 Å². The van der Waals surface area contributed by atoms with E-state index in [0.29, 0.717) is 24.5 Å². The lowest BCUT2D eigenvalue weighted by Gasteiger charge is -2.11. The predicted octanol–water partition coefficient (Wildman–Crippen LogP) is 1.27. The molecular formula is C12H19NO4S. The Balaban J connectivity index is 3.05. The molecular weight excluding hydrogens is 254 g/mol. The lowest BCUT2D eigenvalue weighted by molar-refractivity contribution is 0.262. The van der Waals surface area contributed by atoms with E-state index in [4.69, 9.17) is 4.74 Å². The molecule has 18 heavy (non-hydrogen) atoms. The zero-order chi connectivity index (χ0) is 13.6. The fourth-order valence-corrected chi connectivity index (χ4v) is 2.56. The van der Waals surface area contributed by atoms with Crippen LogP contribution in [0.1, 0.15) is 25.8 Å². The van der Waals surface area contributed by atoms with E-state index in [1.165, 1.54) is 12.1 Å². The monoisotopic (exact) mass is 273 g/mol. The number of sulfonamides is 1. The lowest BCUT2D eigenvalue weighted by atomic mass is 10.2. The van der Waals surface area contributed by atoms with E-state index < -0.39 is 10.0 Å². The molecule has 0 saturated carbocycles. The number of aliphatic hydroxyl groups is 1. The van der Waals surface area contributed by atoms with Crippen LogP contribution in [0.25, 0.3) is 0 Å². The lowest BCUT2D eigenvalue weighted by Crippen LogP contribution is -2.23. The van der Waals surface area contributed by atoms with Crippen molar-refractivity contribution in [3.8, 4) is 5.75 Å². The van der Waals surface area contributed by atoms with Crippen LogP contribution in [0.15, 0.2) is 23.1 Å². The number of benzene rings is 1. The molecule has 0 atom stereocenters. The van der Waals surface area contributed by atoms with Gasteiger partial charge in [-0.05, 0) is 24.6 Å². The molecule has 0 radical (unpaired) electrons. The maximum absolute atomic E-state index is 11.8. The smallest absolute Gasteiger partial charge is 0.240 e. The predicted molar refractivity (Wildman–Crippen MR) is 69.0 cm³/mol. The molecule has 6 heteroatoms. The second kappa shape index (κ2) is 6.72. The van der Waals surface area contributed by atoms with Gasteiger partial charge >= 0.3 is 0 Å². The Morgan fingerprint density at radius 3 is 2.61 bits per heavy atom. The highest BCUT2D eigenvalue weighted by molar-refractivity contribution is 7.89. The largest absolute Gasteiger partial charge is 0.493 e. The summed E-state index contributed by atoms with van der Waals surface area (Å²) in [5.41, 5.74) is 0.474. The van der Waals surface area contributed by atoms with Crippen molar-refractivity contribution in [2.75, 3.05) is 13.2 Å². The molecule has 0 aliphatic heterocycles. The Labute approximate surface area is 108 Å². The van der Waals surface area contributed by atoms with E-state index in [2.05, 4.69) is 4.72 Å². The third kappa shape index (κ3) is 3.69. The van der Waals surface area contributed by atoms with Gasteiger partial charge in [0.1, 0.15) is 5.75 Å². The van der Waals surface area contributed by atoms with Crippen molar-refractivity contribution in [2.45, 2.75) is 31.8 Å². The van der Waals surface area contributed by atoms with Gasteiger partial charge in [-0.3, -0.25) is 0 Å². The minimum Gasteiger partial charge on any atom is -0.493 e. The molecule has 0 spiro atoms. The van der Waals surface area contributed by atoms with E-state index in [1.807, 2.05) is 6.92 Å². The topological polar surface area (TPSA) is 75.6 Å². The molecule has 2 N–H and O–H groups in total. The SMILES string of the molecule is CCCOc1ccc(S(=O)(=O)NCC)cc1CO.